The van der Waals surface area contributed by atoms with Gasteiger partial charge in [0.05, 0.1) is 0 Å². The van der Waals surface area contributed by atoms with Crippen molar-refractivity contribution in [3.05, 3.63) is 69.8 Å². The van der Waals surface area contributed by atoms with Crippen molar-refractivity contribution in [1.29, 1.82) is 0 Å². The van der Waals surface area contributed by atoms with Gasteiger partial charge in [0.1, 0.15) is 5.78 Å². The van der Waals surface area contributed by atoms with E-state index in [1.807, 2.05) is 13.8 Å². The fourth-order valence-corrected chi connectivity index (χ4v) is 2.36. The first-order valence-electron chi connectivity index (χ1n) is 5.81. The molecule has 0 unspecified atom stereocenters. The molecular weight excluding hydrogens is 313 g/mol. The van der Waals surface area contributed by atoms with Gasteiger partial charge in [-0.25, -0.2) is 0 Å². The Kier molecular flexibility index (Phi) is 3.84. The van der Waals surface area contributed by atoms with Crippen LogP contribution in [0.2, 0.25) is 0 Å². The van der Waals surface area contributed by atoms with Crippen molar-refractivity contribution in [2.75, 3.05) is 0 Å². The maximum absolute atomic E-state index is 12.5. The summed E-state index contributed by atoms with van der Waals surface area (Å²) in [6.07, 6.45) is 0. The summed E-state index contributed by atoms with van der Waals surface area (Å²) in [6, 6.07) is 11.7. The Morgan fingerprint density at radius 3 is 2.16 bits per heavy atom. The van der Waals surface area contributed by atoms with Gasteiger partial charge in [-0.05, 0) is 5.56 Å². The smallest absolute Gasteiger partial charge is 0.152 e. The molecule has 0 atom stereocenters. The van der Waals surface area contributed by atoms with E-state index < -0.39 is 0 Å². The summed E-state index contributed by atoms with van der Waals surface area (Å²) in [5.41, 5.74) is 3.75. The van der Waals surface area contributed by atoms with Crippen LogP contribution in [0.5, 0.6) is 0 Å². The van der Waals surface area contributed by atoms with Gasteiger partial charge in [-0.1, -0.05) is 49.2 Å². The van der Waals surface area contributed by atoms with E-state index in [0.717, 1.165) is 11.1 Å². The third-order valence-corrected chi connectivity index (χ3v) is 3.52. The third-order valence-electron chi connectivity index (χ3n) is 3.52. The number of hydrogen-bond donors (Lipinski definition) is 0. The van der Waals surface area contributed by atoms with Gasteiger partial charge in [0.2, 0.25) is 0 Å². The average molecular weight is 324 g/mol. The molecule has 2 nitrogen and oxygen atoms in total. The zero-order valence-electron chi connectivity index (χ0n) is 10.8. The van der Waals surface area contributed by atoms with E-state index in [-0.39, 0.29) is 44.3 Å². The van der Waals surface area contributed by atoms with Crippen LogP contribution in [-0.4, -0.2) is 11.6 Å². The SMILES string of the molecule is Cc1c[c-]c2c(c1C)C(=O)c1ccccc1C2=O.[Y]. The van der Waals surface area contributed by atoms with Gasteiger partial charge in [-0.15, -0.1) is 23.3 Å². The first-order valence-corrected chi connectivity index (χ1v) is 5.81. The van der Waals surface area contributed by atoms with Gasteiger partial charge in [0.25, 0.3) is 0 Å². The zero-order chi connectivity index (χ0) is 12.9. The van der Waals surface area contributed by atoms with E-state index in [2.05, 4.69) is 6.07 Å². The van der Waals surface area contributed by atoms with Gasteiger partial charge >= 0.3 is 0 Å². The first kappa shape index (κ1) is 14.3. The minimum Gasteiger partial charge on any atom is -0.346 e. The largest absolute Gasteiger partial charge is 0.346 e. The quantitative estimate of drug-likeness (QED) is 0.596. The standard InChI is InChI=1S/C16H11O2.Y/c1-9-7-8-13-14(10(9)2)16(18)12-6-4-3-5-11(12)15(13)17;/h3-7H,1-2H3;/q-1;. The molecule has 0 amide bonds. The van der Waals surface area contributed by atoms with E-state index in [0.29, 0.717) is 22.3 Å². The second kappa shape index (κ2) is 5.11. The number of carbonyl (C=O) groups is 2. The molecule has 19 heavy (non-hydrogen) atoms. The average Bonchev–Trinajstić information content (AvgIpc) is 2.39. The zero-order valence-corrected chi connectivity index (χ0v) is 13.6. The summed E-state index contributed by atoms with van der Waals surface area (Å²) in [6.45, 7) is 3.80. The molecule has 0 spiro atoms. The molecule has 0 aromatic heterocycles. The molecule has 3 rings (SSSR count). The normalized spacial score (nSPS) is 12.5. The molecule has 0 heterocycles. The predicted octanol–water partition coefficient (Wildman–Crippen LogP) is 2.88. The van der Waals surface area contributed by atoms with Crippen molar-refractivity contribution < 1.29 is 42.3 Å². The van der Waals surface area contributed by atoms with Crippen LogP contribution in [0.15, 0.2) is 30.3 Å². The number of rotatable bonds is 0. The van der Waals surface area contributed by atoms with Crippen molar-refractivity contribution >= 4 is 11.6 Å². The van der Waals surface area contributed by atoms with E-state index in [1.165, 1.54) is 0 Å². The van der Waals surface area contributed by atoms with Crippen LogP contribution in [0.1, 0.15) is 43.0 Å². The number of carbonyl (C=O) groups excluding carboxylic acids is 2. The fraction of sp³-hybridized carbons (Fsp3) is 0.125. The number of ketones is 2. The van der Waals surface area contributed by atoms with Gasteiger partial charge < -0.3 is 4.79 Å². The maximum atomic E-state index is 12.5. The summed E-state index contributed by atoms with van der Waals surface area (Å²) in [7, 11) is 0. The van der Waals surface area contributed by atoms with E-state index in [1.54, 1.807) is 30.3 Å². The first-order chi connectivity index (χ1) is 8.61. The van der Waals surface area contributed by atoms with Gasteiger partial charge in [-0.2, -0.15) is 0 Å². The molecule has 2 aromatic carbocycles. The molecule has 0 aliphatic heterocycles. The molecular formula is C16H11O2Y-. The number of fused-ring (bicyclic) bond motifs is 2. The molecule has 1 aliphatic carbocycles. The third kappa shape index (κ3) is 2.03. The number of benzene rings is 2. The van der Waals surface area contributed by atoms with Gasteiger partial charge in [0, 0.05) is 38.3 Å². The molecule has 0 N–H and O–H groups in total. The van der Waals surface area contributed by atoms with Gasteiger partial charge in [0.15, 0.2) is 5.78 Å². The van der Waals surface area contributed by atoms with Crippen molar-refractivity contribution in [3.63, 3.8) is 0 Å². The topological polar surface area (TPSA) is 34.1 Å². The summed E-state index contributed by atoms with van der Waals surface area (Å²) in [5, 5.41) is 0. The molecule has 0 saturated heterocycles. The van der Waals surface area contributed by atoms with Crippen LogP contribution in [0, 0.1) is 19.9 Å². The molecule has 2 aromatic rings. The van der Waals surface area contributed by atoms with E-state index in [9.17, 15) is 9.59 Å². The van der Waals surface area contributed by atoms with Crippen LogP contribution in [-0.2, 0) is 32.7 Å². The Morgan fingerprint density at radius 2 is 1.53 bits per heavy atom. The molecule has 3 heteroatoms. The Hall–Kier alpha value is -1.12. The van der Waals surface area contributed by atoms with Crippen LogP contribution in [0.4, 0.5) is 0 Å². The van der Waals surface area contributed by atoms with Crippen molar-refractivity contribution in [2.45, 2.75) is 13.8 Å². The van der Waals surface area contributed by atoms with Crippen LogP contribution in [0.3, 0.4) is 0 Å². The minimum absolute atomic E-state index is 0. The second-order valence-electron chi connectivity index (χ2n) is 4.55. The minimum atomic E-state index is -0.108. The number of aryl methyl sites for hydroxylation is 1. The molecule has 0 fully saturated rings. The van der Waals surface area contributed by atoms with Gasteiger partial charge in [-0.3, -0.25) is 4.79 Å². The fourth-order valence-electron chi connectivity index (χ4n) is 2.36. The molecule has 0 saturated carbocycles. The molecule has 91 valence electrons. The van der Waals surface area contributed by atoms with E-state index in [4.69, 9.17) is 0 Å². The van der Waals surface area contributed by atoms with Crippen molar-refractivity contribution in [2.24, 2.45) is 0 Å². The monoisotopic (exact) mass is 324 g/mol. The van der Waals surface area contributed by atoms with Crippen LogP contribution >= 0.6 is 0 Å². The Morgan fingerprint density at radius 1 is 0.947 bits per heavy atom. The van der Waals surface area contributed by atoms with Crippen LogP contribution in [0.25, 0.3) is 0 Å². The summed E-state index contributed by atoms with van der Waals surface area (Å²) in [4.78, 5) is 24.8. The van der Waals surface area contributed by atoms with Crippen molar-refractivity contribution in [1.82, 2.24) is 0 Å². The summed E-state index contributed by atoms with van der Waals surface area (Å²) in [5.74, 6) is -0.180. The Bertz CT molecular complexity index is 702. The summed E-state index contributed by atoms with van der Waals surface area (Å²) < 4.78 is 0. The van der Waals surface area contributed by atoms with Crippen molar-refractivity contribution in [3.8, 4) is 0 Å². The predicted molar refractivity (Wildman–Crippen MR) is 68.1 cm³/mol. The second-order valence-corrected chi connectivity index (χ2v) is 4.55. The molecule has 0 bridgehead atoms. The molecule has 1 radical (unpaired) electrons. The maximum Gasteiger partial charge on any atom is 0.152 e. The van der Waals surface area contributed by atoms with E-state index >= 15 is 0 Å². The van der Waals surface area contributed by atoms with Crippen LogP contribution < -0.4 is 0 Å². The Labute approximate surface area is 137 Å². The summed E-state index contributed by atoms with van der Waals surface area (Å²) >= 11 is 0. The Balaban J connectivity index is 0.00000133. The number of hydrogen-bond acceptors (Lipinski definition) is 2. The molecule has 1 aliphatic rings.